The average molecular weight is 384 g/mol. The zero-order chi connectivity index (χ0) is 19.4. The van der Waals surface area contributed by atoms with Gasteiger partial charge in [0.15, 0.2) is 5.13 Å². The number of carbonyl (C=O) groups excluding carboxylic acids is 1. The van der Waals surface area contributed by atoms with Crippen molar-refractivity contribution >= 4 is 33.8 Å². The number of carbonyl (C=O) groups is 1. The second kappa shape index (κ2) is 7.83. The van der Waals surface area contributed by atoms with E-state index in [2.05, 4.69) is 10.3 Å². The van der Waals surface area contributed by atoms with Crippen molar-refractivity contribution in [3.05, 3.63) is 63.5 Å². The second-order valence-electron chi connectivity index (χ2n) is 5.45. The minimum Gasteiger partial charge on any atom is -0.493 e. The fraction of sp³-hybridized carbons (Fsp3) is 0.111. The summed E-state index contributed by atoms with van der Waals surface area (Å²) in [7, 11) is 0. The molecular weight excluding hydrogens is 368 g/mol. The molecule has 0 bridgehead atoms. The third-order valence-electron chi connectivity index (χ3n) is 3.68. The van der Waals surface area contributed by atoms with Crippen molar-refractivity contribution in [3.63, 3.8) is 0 Å². The molecule has 2 aromatic carbocycles. The van der Waals surface area contributed by atoms with Crippen LogP contribution < -0.4 is 15.8 Å². The first-order chi connectivity index (χ1) is 13.0. The number of nitro groups is 1. The Morgan fingerprint density at radius 1 is 1.33 bits per heavy atom. The molecule has 0 saturated heterocycles. The van der Waals surface area contributed by atoms with Gasteiger partial charge in [-0.05, 0) is 31.2 Å². The number of nitrogens with zero attached hydrogens (tertiary/aromatic N) is 2. The van der Waals surface area contributed by atoms with Crippen LogP contribution in [0.1, 0.15) is 17.3 Å². The lowest BCUT2D eigenvalue weighted by Crippen LogP contribution is -2.12. The van der Waals surface area contributed by atoms with Crippen LogP contribution in [0.5, 0.6) is 5.75 Å². The molecule has 0 aliphatic carbocycles. The Bertz CT molecular complexity index is 1000. The normalized spacial score (nSPS) is 10.4. The Morgan fingerprint density at radius 3 is 2.85 bits per heavy atom. The summed E-state index contributed by atoms with van der Waals surface area (Å²) < 4.78 is 5.60. The van der Waals surface area contributed by atoms with Crippen molar-refractivity contribution in [2.45, 2.75) is 6.92 Å². The molecule has 0 atom stereocenters. The smallest absolute Gasteiger partial charge is 0.292 e. The van der Waals surface area contributed by atoms with Crippen LogP contribution in [0, 0.1) is 10.1 Å². The highest BCUT2D eigenvalue weighted by molar-refractivity contribution is 7.14. The number of para-hydroxylation sites is 1. The average Bonchev–Trinajstić information content (AvgIpc) is 3.10. The number of rotatable bonds is 6. The van der Waals surface area contributed by atoms with E-state index in [4.69, 9.17) is 10.5 Å². The molecule has 3 rings (SSSR count). The molecule has 1 amide bonds. The largest absolute Gasteiger partial charge is 0.493 e. The lowest BCUT2D eigenvalue weighted by Gasteiger charge is -2.07. The van der Waals surface area contributed by atoms with Crippen molar-refractivity contribution in [2.75, 3.05) is 17.7 Å². The van der Waals surface area contributed by atoms with Crippen molar-refractivity contribution in [3.8, 4) is 17.0 Å². The molecule has 1 aromatic heterocycles. The van der Waals surface area contributed by atoms with E-state index in [1.54, 1.807) is 5.38 Å². The van der Waals surface area contributed by atoms with E-state index >= 15 is 0 Å². The molecule has 3 aromatic rings. The van der Waals surface area contributed by atoms with E-state index < -0.39 is 10.8 Å². The summed E-state index contributed by atoms with van der Waals surface area (Å²) in [6, 6.07) is 11.4. The molecule has 0 saturated carbocycles. The van der Waals surface area contributed by atoms with E-state index in [1.807, 2.05) is 31.2 Å². The predicted molar refractivity (Wildman–Crippen MR) is 104 cm³/mol. The van der Waals surface area contributed by atoms with Gasteiger partial charge in [-0.25, -0.2) is 4.98 Å². The summed E-state index contributed by atoms with van der Waals surface area (Å²) in [5.74, 6) is 0.203. The first kappa shape index (κ1) is 18.3. The van der Waals surface area contributed by atoms with Crippen molar-refractivity contribution in [1.82, 2.24) is 4.98 Å². The van der Waals surface area contributed by atoms with E-state index in [9.17, 15) is 14.9 Å². The number of hydrogen-bond acceptors (Lipinski definition) is 7. The van der Waals surface area contributed by atoms with Crippen LogP contribution >= 0.6 is 11.3 Å². The molecule has 138 valence electrons. The molecule has 0 aliphatic rings. The zero-order valence-electron chi connectivity index (χ0n) is 14.3. The predicted octanol–water partition coefficient (Wildman–Crippen LogP) is 3.95. The van der Waals surface area contributed by atoms with Crippen molar-refractivity contribution < 1.29 is 14.5 Å². The summed E-state index contributed by atoms with van der Waals surface area (Å²) in [6.07, 6.45) is 0. The lowest BCUT2D eigenvalue weighted by atomic mass is 10.1. The van der Waals surface area contributed by atoms with Gasteiger partial charge in [0.2, 0.25) is 0 Å². The van der Waals surface area contributed by atoms with Crippen LogP contribution in [-0.2, 0) is 0 Å². The number of ether oxygens (including phenoxy) is 1. The van der Waals surface area contributed by atoms with Gasteiger partial charge in [0.05, 0.1) is 17.2 Å². The minimum atomic E-state index is -0.627. The molecule has 0 unspecified atom stereocenters. The summed E-state index contributed by atoms with van der Waals surface area (Å²) in [6.45, 7) is 2.43. The van der Waals surface area contributed by atoms with Crippen molar-refractivity contribution in [1.29, 1.82) is 0 Å². The van der Waals surface area contributed by atoms with Crippen LogP contribution in [0.25, 0.3) is 11.3 Å². The Hall–Kier alpha value is -3.46. The van der Waals surface area contributed by atoms with E-state index in [-0.39, 0.29) is 16.9 Å². The fourth-order valence-corrected chi connectivity index (χ4v) is 3.13. The maximum atomic E-state index is 12.4. The highest BCUT2D eigenvalue weighted by Gasteiger charge is 2.17. The summed E-state index contributed by atoms with van der Waals surface area (Å²) in [5.41, 5.74) is 6.86. The van der Waals surface area contributed by atoms with Crippen molar-refractivity contribution in [2.24, 2.45) is 0 Å². The standard InChI is InChI=1S/C18H16N4O4S/c1-2-26-16-6-4-3-5-12(16)14-10-27-18(20-14)21-17(23)11-7-8-13(19)15(9-11)22(24)25/h3-10H,2,19H2,1H3,(H,20,21,23). The SMILES string of the molecule is CCOc1ccccc1-c1csc(NC(=O)c2ccc(N)c([N+](=O)[O-])c2)n1. The fourth-order valence-electron chi connectivity index (χ4n) is 2.43. The minimum absolute atomic E-state index is 0.000570. The number of benzene rings is 2. The maximum absolute atomic E-state index is 12.4. The van der Waals surface area contributed by atoms with Gasteiger partial charge >= 0.3 is 0 Å². The number of aromatic nitrogens is 1. The van der Waals surface area contributed by atoms with E-state index in [0.717, 1.165) is 11.6 Å². The molecule has 0 aliphatic heterocycles. The number of nitrogens with one attached hydrogen (secondary N) is 1. The summed E-state index contributed by atoms with van der Waals surface area (Å²) in [5, 5.41) is 15.8. The van der Waals surface area contributed by atoms with Crippen LogP contribution in [0.3, 0.4) is 0 Å². The van der Waals surface area contributed by atoms with E-state index in [1.165, 1.54) is 23.5 Å². The molecule has 0 radical (unpaired) electrons. The molecule has 0 spiro atoms. The molecular formula is C18H16N4O4S. The maximum Gasteiger partial charge on any atom is 0.292 e. The second-order valence-corrected chi connectivity index (χ2v) is 6.31. The highest BCUT2D eigenvalue weighted by atomic mass is 32.1. The Morgan fingerprint density at radius 2 is 2.11 bits per heavy atom. The molecule has 9 heteroatoms. The van der Waals surface area contributed by atoms with Gasteiger partial charge in [-0.3, -0.25) is 20.2 Å². The van der Waals surface area contributed by atoms with Gasteiger partial charge in [-0.2, -0.15) is 0 Å². The van der Waals surface area contributed by atoms with Gasteiger partial charge in [-0.1, -0.05) is 12.1 Å². The quantitative estimate of drug-likeness (QED) is 0.377. The number of anilines is 2. The first-order valence-corrected chi connectivity index (χ1v) is 8.90. The lowest BCUT2D eigenvalue weighted by molar-refractivity contribution is -0.383. The van der Waals surface area contributed by atoms with Crippen LogP contribution in [0.2, 0.25) is 0 Å². The Labute approximate surface area is 158 Å². The third-order valence-corrected chi connectivity index (χ3v) is 4.43. The van der Waals surface area contributed by atoms with Gasteiger partial charge in [-0.15, -0.1) is 11.3 Å². The number of thiazole rings is 1. The number of hydrogen-bond donors (Lipinski definition) is 2. The Balaban J connectivity index is 1.81. The molecule has 27 heavy (non-hydrogen) atoms. The molecule has 0 fully saturated rings. The number of amides is 1. The van der Waals surface area contributed by atoms with Crippen LogP contribution in [-0.4, -0.2) is 22.4 Å². The third kappa shape index (κ3) is 4.04. The van der Waals surface area contributed by atoms with Crippen LogP contribution in [0.15, 0.2) is 47.8 Å². The monoisotopic (exact) mass is 384 g/mol. The number of nitrogen functional groups attached to an aromatic ring is 1. The zero-order valence-corrected chi connectivity index (χ0v) is 15.2. The van der Waals surface area contributed by atoms with E-state index in [0.29, 0.717) is 23.2 Å². The molecule has 3 N–H and O–H groups in total. The first-order valence-electron chi connectivity index (χ1n) is 8.02. The summed E-state index contributed by atoms with van der Waals surface area (Å²) >= 11 is 1.25. The van der Waals surface area contributed by atoms with Crippen LogP contribution in [0.4, 0.5) is 16.5 Å². The number of nitrogens with two attached hydrogens (primary N) is 1. The van der Waals surface area contributed by atoms with Gasteiger partial charge in [0.1, 0.15) is 11.4 Å². The number of nitro benzene ring substituents is 1. The topological polar surface area (TPSA) is 120 Å². The van der Waals surface area contributed by atoms with Gasteiger partial charge in [0, 0.05) is 22.6 Å². The van der Waals surface area contributed by atoms with Gasteiger partial charge in [0.25, 0.3) is 11.6 Å². The summed E-state index contributed by atoms with van der Waals surface area (Å²) in [4.78, 5) is 27.1. The van der Waals surface area contributed by atoms with Gasteiger partial charge < -0.3 is 10.5 Å². The Kier molecular flexibility index (Phi) is 5.32. The molecule has 1 heterocycles. The highest BCUT2D eigenvalue weighted by Crippen LogP contribution is 2.32. The molecule has 8 nitrogen and oxygen atoms in total.